The number of carbonyl (C=O) groups is 1. The zero-order valence-corrected chi connectivity index (χ0v) is 25.2. The Kier molecular flexibility index (Phi) is 8.28. The molecule has 0 aromatic heterocycles. The fourth-order valence-electron chi connectivity index (χ4n) is 4.20. The van der Waals surface area contributed by atoms with Gasteiger partial charge in [0.25, 0.3) is 26.0 Å². The van der Waals surface area contributed by atoms with Gasteiger partial charge in [0.2, 0.25) is 0 Å². The van der Waals surface area contributed by atoms with E-state index in [9.17, 15) is 21.6 Å². The third-order valence-corrected chi connectivity index (χ3v) is 10.2. The lowest BCUT2D eigenvalue weighted by atomic mass is 10.1. The molecule has 212 valence electrons. The molecule has 0 unspecified atom stereocenters. The Labute approximate surface area is 251 Å². The topological polar surface area (TPSA) is 122 Å². The first kappa shape index (κ1) is 28.9. The molecule has 4 aromatic carbocycles. The Balaban J connectivity index is 1.20. The summed E-state index contributed by atoms with van der Waals surface area (Å²) in [6.45, 7) is -0.0573. The Hall–Kier alpha value is -3.58. The second-order valence-corrected chi connectivity index (χ2v) is 13.9. The van der Waals surface area contributed by atoms with Gasteiger partial charge in [-0.2, -0.15) is 0 Å². The Morgan fingerprint density at radius 3 is 2.17 bits per heavy atom. The van der Waals surface area contributed by atoms with Gasteiger partial charge in [-0.15, -0.1) is 0 Å². The molecule has 0 saturated carbocycles. The van der Waals surface area contributed by atoms with E-state index in [2.05, 4.69) is 26.0 Å². The van der Waals surface area contributed by atoms with Crippen molar-refractivity contribution in [3.8, 4) is 5.75 Å². The molecule has 0 saturated heterocycles. The molecule has 4 aromatic rings. The van der Waals surface area contributed by atoms with Crippen molar-refractivity contribution in [2.45, 2.75) is 16.2 Å². The van der Waals surface area contributed by atoms with Crippen LogP contribution in [0.25, 0.3) is 0 Å². The number of carbonyl (C=O) groups excluding carboxylic acids is 1. The number of amides is 1. The molecule has 0 aliphatic carbocycles. The molecule has 1 aliphatic heterocycles. The van der Waals surface area contributed by atoms with E-state index in [4.69, 9.17) is 16.3 Å². The van der Waals surface area contributed by atoms with Gasteiger partial charge in [-0.25, -0.2) is 16.8 Å². The monoisotopic (exact) mass is 675 g/mol. The Morgan fingerprint density at radius 1 is 0.854 bits per heavy atom. The highest BCUT2D eigenvalue weighted by atomic mass is 79.9. The van der Waals surface area contributed by atoms with Gasteiger partial charge in [0.1, 0.15) is 5.75 Å². The largest absolute Gasteiger partial charge is 0.484 e. The number of nitrogens with zero attached hydrogens (tertiary/aromatic N) is 1. The van der Waals surface area contributed by atoms with Gasteiger partial charge in [-0.3, -0.25) is 13.8 Å². The maximum Gasteiger partial charge on any atom is 0.264 e. The van der Waals surface area contributed by atoms with E-state index in [1.807, 2.05) is 0 Å². The van der Waals surface area contributed by atoms with Crippen LogP contribution in [0.5, 0.6) is 5.75 Å². The molecule has 1 aliphatic rings. The maximum atomic E-state index is 13.2. The van der Waals surface area contributed by atoms with Crippen LogP contribution in [0, 0.1) is 0 Å². The summed E-state index contributed by atoms with van der Waals surface area (Å²) in [7, 11) is -7.61. The van der Waals surface area contributed by atoms with Crippen LogP contribution in [-0.4, -0.2) is 35.9 Å². The summed E-state index contributed by atoms with van der Waals surface area (Å²) < 4.78 is 61.9. The minimum Gasteiger partial charge on any atom is -0.484 e. The first-order valence-corrected chi connectivity index (χ1v) is 16.3. The third kappa shape index (κ3) is 6.67. The van der Waals surface area contributed by atoms with Crippen LogP contribution in [0.15, 0.2) is 105 Å². The highest BCUT2D eigenvalue weighted by Gasteiger charge is 2.31. The molecule has 0 spiro atoms. The third-order valence-electron chi connectivity index (χ3n) is 6.22. The van der Waals surface area contributed by atoms with Gasteiger partial charge < -0.3 is 10.1 Å². The fourth-order valence-corrected chi connectivity index (χ4v) is 7.15. The molecular formula is C28H23BrClN3O6S2. The molecule has 5 rings (SSSR count). The smallest absolute Gasteiger partial charge is 0.264 e. The van der Waals surface area contributed by atoms with Gasteiger partial charge >= 0.3 is 0 Å². The summed E-state index contributed by atoms with van der Waals surface area (Å²) in [6.07, 6.45) is 0.545. The molecular weight excluding hydrogens is 654 g/mol. The lowest BCUT2D eigenvalue weighted by Crippen LogP contribution is -2.29. The molecule has 0 fully saturated rings. The zero-order chi connectivity index (χ0) is 29.2. The molecule has 13 heteroatoms. The second-order valence-electron chi connectivity index (χ2n) is 9.05. The van der Waals surface area contributed by atoms with Gasteiger partial charge in [-0.05, 0) is 96.9 Å². The van der Waals surface area contributed by atoms with Crippen LogP contribution in [0.1, 0.15) is 5.56 Å². The summed E-state index contributed by atoms with van der Waals surface area (Å²) in [5, 5.41) is 3.15. The first-order chi connectivity index (χ1) is 19.5. The number of sulfonamides is 2. The van der Waals surface area contributed by atoms with Crippen molar-refractivity contribution in [1.82, 2.24) is 0 Å². The van der Waals surface area contributed by atoms with E-state index >= 15 is 0 Å². The number of benzene rings is 4. The first-order valence-electron chi connectivity index (χ1n) is 12.2. The molecule has 0 atom stereocenters. The van der Waals surface area contributed by atoms with E-state index in [0.29, 0.717) is 34.3 Å². The summed E-state index contributed by atoms with van der Waals surface area (Å²) in [4.78, 5) is 12.7. The lowest BCUT2D eigenvalue weighted by Gasteiger charge is -2.20. The molecule has 0 bridgehead atoms. The summed E-state index contributed by atoms with van der Waals surface area (Å²) in [6, 6.07) is 23.5. The second kappa shape index (κ2) is 11.7. The number of ether oxygens (including phenoxy) is 1. The number of rotatable bonds is 9. The molecule has 2 N–H and O–H groups in total. The van der Waals surface area contributed by atoms with E-state index in [1.54, 1.807) is 42.5 Å². The standard InChI is InChI=1S/C28H23BrClN3O6S2/c29-20-2-7-22(8-3-20)32-40(35,36)25-13-9-24(10-14-25)39-18-28(34)31-23-6-1-19-15-16-33(27(19)17-23)41(37,38)26-11-4-21(30)5-12-26/h1-14,17,32H,15-16,18H2,(H,31,34). The number of hydrogen-bond acceptors (Lipinski definition) is 6. The number of halogens is 2. The van der Waals surface area contributed by atoms with Crippen LogP contribution in [-0.2, 0) is 31.3 Å². The maximum absolute atomic E-state index is 13.2. The normalized spacial score (nSPS) is 13.0. The lowest BCUT2D eigenvalue weighted by molar-refractivity contribution is -0.118. The number of fused-ring (bicyclic) bond motifs is 1. The van der Waals surface area contributed by atoms with Crippen LogP contribution in [0.4, 0.5) is 17.1 Å². The Bertz CT molecular complexity index is 1800. The van der Waals surface area contributed by atoms with E-state index in [1.165, 1.54) is 52.8 Å². The number of nitrogens with one attached hydrogen (secondary N) is 2. The highest BCUT2D eigenvalue weighted by Crippen LogP contribution is 2.35. The van der Waals surface area contributed by atoms with Crippen molar-refractivity contribution in [1.29, 1.82) is 0 Å². The highest BCUT2D eigenvalue weighted by molar-refractivity contribution is 9.10. The van der Waals surface area contributed by atoms with E-state index in [0.717, 1.165) is 10.0 Å². The predicted octanol–water partition coefficient (Wildman–Crippen LogP) is 5.67. The van der Waals surface area contributed by atoms with Crippen LogP contribution < -0.4 is 19.1 Å². The van der Waals surface area contributed by atoms with Crippen molar-refractivity contribution in [2.75, 3.05) is 27.5 Å². The van der Waals surface area contributed by atoms with Gasteiger partial charge in [0.15, 0.2) is 6.61 Å². The average Bonchev–Trinajstić information content (AvgIpc) is 3.38. The van der Waals surface area contributed by atoms with Gasteiger partial charge in [-0.1, -0.05) is 33.6 Å². The molecule has 41 heavy (non-hydrogen) atoms. The van der Waals surface area contributed by atoms with Crippen molar-refractivity contribution in [3.63, 3.8) is 0 Å². The van der Waals surface area contributed by atoms with Gasteiger partial charge in [0.05, 0.1) is 15.5 Å². The van der Waals surface area contributed by atoms with Crippen molar-refractivity contribution < 1.29 is 26.4 Å². The Morgan fingerprint density at radius 2 is 1.49 bits per heavy atom. The molecule has 1 heterocycles. The predicted molar refractivity (Wildman–Crippen MR) is 162 cm³/mol. The quantitative estimate of drug-likeness (QED) is 0.236. The van der Waals surface area contributed by atoms with Crippen molar-refractivity contribution >= 4 is 70.5 Å². The summed E-state index contributed by atoms with van der Waals surface area (Å²) in [5.41, 5.74) is 2.17. The number of hydrogen-bond donors (Lipinski definition) is 2. The molecule has 0 radical (unpaired) electrons. The van der Waals surface area contributed by atoms with Gasteiger partial charge in [0, 0.05) is 27.4 Å². The van der Waals surface area contributed by atoms with E-state index in [-0.39, 0.29) is 22.9 Å². The van der Waals surface area contributed by atoms with Crippen LogP contribution >= 0.6 is 27.5 Å². The van der Waals surface area contributed by atoms with Crippen LogP contribution in [0.2, 0.25) is 5.02 Å². The number of anilines is 3. The van der Waals surface area contributed by atoms with E-state index < -0.39 is 26.0 Å². The summed E-state index contributed by atoms with van der Waals surface area (Å²) in [5.74, 6) is -0.166. The zero-order valence-electron chi connectivity index (χ0n) is 21.3. The SMILES string of the molecule is O=C(COc1ccc(S(=O)(=O)Nc2ccc(Br)cc2)cc1)Nc1ccc2c(c1)N(S(=O)(=O)c1ccc(Cl)cc1)CC2. The fraction of sp³-hybridized carbons (Fsp3) is 0.107. The average molecular weight is 677 g/mol. The van der Waals surface area contributed by atoms with Crippen molar-refractivity contribution in [2.24, 2.45) is 0 Å². The summed E-state index contributed by atoms with van der Waals surface area (Å²) >= 11 is 9.21. The minimum absolute atomic E-state index is 0.0356. The van der Waals surface area contributed by atoms with Crippen molar-refractivity contribution in [3.05, 3.63) is 106 Å². The molecule has 1 amide bonds. The minimum atomic E-state index is -3.81. The van der Waals surface area contributed by atoms with Crippen LogP contribution in [0.3, 0.4) is 0 Å². The molecule has 9 nitrogen and oxygen atoms in total.